The zero-order chi connectivity index (χ0) is 22.8. The smallest absolute Gasteiger partial charge is 0.294 e. The van der Waals surface area contributed by atoms with Gasteiger partial charge in [0.05, 0.1) is 6.10 Å². The summed E-state index contributed by atoms with van der Waals surface area (Å²) in [7, 11) is 0. The fourth-order valence-electron chi connectivity index (χ4n) is 4.59. The molecule has 1 atom stereocenters. The minimum absolute atomic E-state index is 0.121. The average molecular weight is 449 g/mol. The van der Waals surface area contributed by atoms with Gasteiger partial charge in [0.2, 0.25) is 0 Å². The topological polar surface area (TPSA) is 62.2 Å². The number of likely N-dealkylation sites (tertiary alicyclic amines) is 1. The molecule has 1 N–H and O–H groups in total. The number of rotatable bonds is 9. The highest BCUT2D eigenvalue weighted by molar-refractivity contribution is 6.07. The van der Waals surface area contributed by atoms with Crippen LogP contribution >= 0.6 is 0 Å². The van der Waals surface area contributed by atoms with Gasteiger partial charge < -0.3 is 19.5 Å². The van der Waals surface area contributed by atoms with Crippen molar-refractivity contribution in [2.75, 3.05) is 37.7 Å². The lowest BCUT2D eigenvalue weighted by molar-refractivity contribution is -0.116. The van der Waals surface area contributed by atoms with Crippen LogP contribution < -0.4 is 14.4 Å². The number of aliphatic hydroxyl groups is 1. The van der Waals surface area contributed by atoms with Crippen molar-refractivity contribution < 1.29 is 19.4 Å². The highest BCUT2D eigenvalue weighted by Crippen LogP contribution is 2.40. The van der Waals surface area contributed by atoms with Crippen molar-refractivity contribution in [3.8, 4) is 11.5 Å². The third kappa shape index (κ3) is 5.07. The van der Waals surface area contributed by atoms with E-state index in [1.807, 2.05) is 36.4 Å². The molecule has 1 amide bonds. The molecule has 1 aliphatic carbocycles. The van der Waals surface area contributed by atoms with E-state index >= 15 is 0 Å². The van der Waals surface area contributed by atoms with E-state index < -0.39 is 0 Å². The van der Waals surface area contributed by atoms with Crippen molar-refractivity contribution in [3.63, 3.8) is 0 Å². The second-order valence-electron chi connectivity index (χ2n) is 9.17. The van der Waals surface area contributed by atoms with Crippen LogP contribution in [0.3, 0.4) is 0 Å². The Morgan fingerprint density at radius 2 is 1.91 bits per heavy atom. The molecule has 33 heavy (non-hydrogen) atoms. The molecule has 2 fully saturated rings. The van der Waals surface area contributed by atoms with Crippen LogP contribution in [0.15, 0.2) is 54.3 Å². The van der Waals surface area contributed by atoms with Crippen LogP contribution in [0.4, 0.5) is 5.69 Å². The molecule has 0 radical (unpaired) electrons. The van der Waals surface area contributed by atoms with Crippen LogP contribution in [0, 0.1) is 0 Å². The number of carbonyl (C=O) groups excluding carboxylic acids is 1. The molecule has 0 unspecified atom stereocenters. The summed E-state index contributed by atoms with van der Waals surface area (Å²) in [6, 6.07) is 14.0. The Labute approximate surface area is 195 Å². The third-order valence-electron chi connectivity index (χ3n) is 6.72. The number of hydrogen-bond donors (Lipinski definition) is 1. The summed E-state index contributed by atoms with van der Waals surface area (Å²) in [6.45, 7) is 5.62. The Bertz CT molecular complexity index is 1030. The van der Waals surface area contributed by atoms with Crippen molar-refractivity contribution >= 4 is 11.6 Å². The third-order valence-corrected chi connectivity index (χ3v) is 6.72. The summed E-state index contributed by atoms with van der Waals surface area (Å²) in [5, 5.41) is 9.66. The van der Waals surface area contributed by atoms with Crippen LogP contribution in [-0.4, -0.2) is 54.8 Å². The number of nitrogens with zero attached hydrogens (tertiary/aromatic N) is 2. The van der Waals surface area contributed by atoms with E-state index in [2.05, 4.69) is 24.0 Å². The van der Waals surface area contributed by atoms with Crippen molar-refractivity contribution in [2.45, 2.75) is 44.6 Å². The van der Waals surface area contributed by atoms with E-state index in [4.69, 9.17) is 9.47 Å². The van der Waals surface area contributed by atoms with Gasteiger partial charge in [-0.1, -0.05) is 19.1 Å². The van der Waals surface area contributed by atoms with Gasteiger partial charge >= 0.3 is 0 Å². The zero-order valence-corrected chi connectivity index (χ0v) is 19.2. The summed E-state index contributed by atoms with van der Waals surface area (Å²) in [5.41, 5.74) is 3.28. The summed E-state index contributed by atoms with van der Waals surface area (Å²) in [5.74, 6) is 2.51. The summed E-state index contributed by atoms with van der Waals surface area (Å²) < 4.78 is 11.9. The standard InChI is InChI=1S/C27H32N2O4/c1-2-19-17-22(7-10-25(19)32-16-15-28-13-11-23(30)18-28)29-14-12-26(27(29)31)33-24-8-5-21(6-9-24)20-3-4-20/h5-10,12,17,20,23,30H,2-4,11,13-16,18H2,1H3/t23-/m0/s1. The maximum absolute atomic E-state index is 13.0. The Kier molecular flexibility index (Phi) is 6.38. The van der Waals surface area contributed by atoms with E-state index in [0.717, 1.165) is 49.5 Å². The SMILES string of the molecule is CCc1cc(N2CC=C(Oc3ccc(C4CC4)cc3)C2=O)ccc1OCCN1CC[C@H](O)C1. The molecule has 174 valence electrons. The van der Waals surface area contributed by atoms with Crippen LogP contribution in [0.1, 0.15) is 43.2 Å². The number of benzene rings is 2. The van der Waals surface area contributed by atoms with Gasteiger partial charge in [-0.05, 0) is 79.1 Å². The molecule has 5 rings (SSSR count). The van der Waals surface area contributed by atoms with Gasteiger partial charge in [0, 0.05) is 31.9 Å². The predicted octanol–water partition coefficient (Wildman–Crippen LogP) is 3.88. The summed E-state index contributed by atoms with van der Waals surface area (Å²) in [4.78, 5) is 17.0. The molecule has 1 saturated heterocycles. The first-order valence-corrected chi connectivity index (χ1v) is 12.1. The van der Waals surface area contributed by atoms with Crippen molar-refractivity contribution in [2.24, 2.45) is 0 Å². The summed E-state index contributed by atoms with van der Waals surface area (Å²) in [6.07, 6.45) is 5.83. The molecule has 2 aromatic carbocycles. The first-order valence-electron chi connectivity index (χ1n) is 12.1. The number of β-amino-alcohol motifs (C(OH)–C–C–N with tert-alkyl or cyclic N) is 1. The number of carbonyl (C=O) groups is 1. The molecule has 2 aromatic rings. The lowest BCUT2D eigenvalue weighted by Crippen LogP contribution is -2.28. The quantitative estimate of drug-likeness (QED) is 0.631. The Morgan fingerprint density at radius 3 is 2.61 bits per heavy atom. The molecule has 2 aliphatic heterocycles. The molecule has 1 saturated carbocycles. The normalized spacial score (nSPS) is 20.9. The maximum Gasteiger partial charge on any atom is 0.294 e. The van der Waals surface area contributed by atoms with Gasteiger partial charge in [-0.2, -0.15) is 0 Å². The highest BCUT2D eigenvalue weighted by atomic mass is 16.5. The molecular formula is C27H32N2O4. The molecule has 2 heterocycles. The number of hydrogen-bond acceptors (Lipinski definition) is 5. The van der Waals surface area contributed by atoms with Gasteiger partial charge in [0.15, 0.2) is 5.76 Å². The number of amides is 1. The van der Waals surface area contributed by atoms with Crippen molar-refractivity contribution in [1.82, 2.24) is 4.90 Å². The maximum atomic E-state index is 13.0. The van der Waals surface area contributed by atoms with Crippen LogP contribution in [0.5, 0.6) is 11.5 Å². The van der Waals surface area contributed by atoms with E-state index in [1.165, 1.54) is 18.4 Å². The fraction of sp³-hybridized carbons (Fsp3) is 0.444. The molecule has 0 aromatic heterocycles. The molecule has 0 bridgehead atoms. The van der Waals surface area contributed by atoms with E-state index in [-0.39, 0.29) is 12.0 Å². The lowest BCUT2D eigenvalue weighted by Gasteiger charge is -2.20. The lowest BCUT2D eigenvalue weighted by atomic mass is 10.1. The van der Waals surface area contributed by atoms with Crippen molar-refractivity contribution in [3.05, 3.63) is 65.4 Å². The van der Waals surface area contributed by atoms with Gasteiger partial charge in [0.25, 0.3) is 5.91 Å². The number of anilines is 1. The number of aryl methyl sites for hydroxylation is 1. The molecule has 6 heteroatoms. The number of ether oxygens (including phenoxy) is 2. The predicted molar refractivity (Wildman–Crippen MR) is 128 cm³/mol. The monoisotopic (exact) mass is 448 g/mol. The molecule has 3 aliphatic rings. The second kappa shape index (κ2) is 9.57. The Morgan fingerprint density at radius 1 is 1.09 bits per heavy atom. The van der Waals surface area contributed by atoms with E-state index in [9.17, 15) is 9.90 Å². The minimum Gasteiger partial charge on any atom is -0.492 e. The first kappa shape index (κ1) is 22.0. The highest BCUT2D eigenvalue weighted by Gasteiger charge is 2.28. The summed E-state index contributed by atoms with van der Waals surface area (Å²) >= 11 is 0. The molecule has 0 spiro atoms. The molecular weight excluding hydrogens is 416 g/mol. The van der Waals surface area contributed by atoms with Gasteiger partial charge in [-0.25, -0.2) is 0 Å². The van der Waals surface area contributed by atoms with E-state index in [0.29, 0.717) is 30.6 Å². The van der Waals surface area contributed by atoms with E-state index in [1.54, 1.807) is 4.90 Å². The average Bonchev–Trinajstić information content (AvgIpc) is 3.51. The van der Waals surface area contributed by atoms with Crippen molar-refractivity contribution in [1.29, 1.82) is 0 Å². The number of aliphatic hydroxyl groups excluding tert-OH is 1. The first-order chi connectivity index (χ1) is 16.1. The molecule has 6 nitrogen and oxygen atoms in total. The minimum atomic E-state index is -0.210. The largest absolute Gasteiger partial charge is 0.492 e. The Hall–Kier alpha value is -2.83. The van der Waals surface area contributed by atoms with Gasteiger partial charge in [-0.15, -0.1) is 0 Å². The zero-order valence-electron chi connectivity index (χ0n) is 19.2. The second-order valence-corrected chi connectivity index (χ2v) is 9.17. The van der Waals surface area contributed by atoms with Gasteiger partial charge in [0.1, 0.15) is 18.1 Å². The Balaban J connectivity index is 1.18. The van der Waals surface area contributed by atoms with Crippen LogP contribution in [0.2, 0.25) is 0 Å². The van der Waals surface area contributed by atoms with Crippen LogP contribution in [0.25, 0.3) is 0 Å². The fourth-order valence-corrected chi connectivity index (χ4v) is 4.59. The van der Waals surface area contributed by atoms with Crippen LogP contribution in [-0.2, 0) is 11.2 Å². The van der Waals surface area contributed by atoms with Gasteiger partial charge in [-0.3, -0.25) is 9.69 Å².